The number of hydrogen-bond donors (Lipinski definition) is 0. The first-order chi connectivity index (χ1) is 19.4. The summed E-state index contributed by atoms with van der Waals surface area (Å²) >= 11 is 0. The number of furan rings is 1. The van der Waals surface area contributed by atoms with Crippen molar-refractivity contribution in [1.29, 1.82) is 0 Å². The Hall–Kier alpha value is -5.02. The zero-order valence-electron chi connectivity index (χ0n) is 21.3. The van der Waals surface area contributed by atoms with Crippen molar-refractivity contribution in [3.63, 3.8) is 0 Å². The Morgan fingerprint density at radius 2 is 1.00 bits per heavy atom. The van der Waals surface area contributed by atoms with Crippen molar-refractivity contribution in [2.45, 2.75) is 12.8 Å². The van der Waals surface area contributed by atoms with Crippen LogP contribution in [0.5, 0.6) is 0 Å². The van der Waals surface area contributed by atoms with Crippen molar-refractivity contribution in [2.24, 2.45) is 0 Å². The summed E-state index contributed by atoms with van der Waals surface area (Å²) in [5.74, 6) is 0. The highest BCUT2D eigenvalue weighted by Gasteiger charge is 2.23. The molecule has 1 aliphatic carbocycles. The van der Waals surface area contributed by atoms with Gasteiger partial charge in [-0.05, 0) is 43.2 Å². The molecule has 9 rings (SSSR count). The molecule has 0 aliphatic heterocycles. The summed E-state index contributed by atoms with van der Waals surface area (Å²) < 4.78 is 11.7. The lowest BCUT2D eigenvalue weighted by atomic mass is 10.0. The van der Waals surface area contributed by atoms with Gasteiger partial charge in [0.15, 0.2) is 11.2 Å². The van der Waals surface area contributed by atoms with Crippen molar-refractivity contribution in [1.82, 2.24) is 9.13 Å². The molecular formula is C36H24N2O. The number of rotatable bonds is 2. The average Bonchev–Trinajstić information content (AvgIpc) is 3.65. The van der Waals surface area contributed by atoms with E-state index in [9.17, 15) is 0 Å². The van der Waals surface area contributed by atoms with E-state index in [1.807, 2.05) is 0 Å². The maximum atomic E-state index is 6.94. The van der Waals surface area contributed by atoms with Crippen LogP contribution in [0.25, 0.3) is 72.1 Å². The van der Waals surface area contributed by atoms with E-state index >= 15 is 0 Å². The standard InChI is InChI=1S/C36H24N2O/c1-5-17-29-23(11-1)24-12-2-6-18-30(24)37(29)33-21-9-15-27-28-16-10-22-34(36(28)39-35(27)33)38-31-19-7-3-13-25(31)26-14-4-8-20-32(26)38/h1-7,9-19,21-22H,8,20H2. The molecule has 3 heterocycles. The summed E-state index contributed by atoms with van der Waals surface area (Å²) in [5.41, 5.74) is 10.3. The summed E-state index contributed by atoms with van der Waals surface area (Å²) in [7, 11) is 0. The highest BCUT2D eigenvalue weighted by Crippen LogP contribution is 2.41. The van der Waals surface area contributed by atoms with Crippen LogP contribution in [0.4, 0.5) is 0 Å². The van der Waals surface area contributed by atoms with Gasteiger partial charge >= 0.3 is 0 Å². The predicted molar refractivity (Wildman–Crippen MR) is 162 cm³/mol. The predicted octanol–water partition coefficient (Wildman–Crippen LogP) is 9.59. The fourth-order valence-electron chi connectivity index (χ4n) is 6.77. The second kappa shape index (κ2) is 7.75. The highest BCUT2D eigenvalue weighted by atomic mass is 16.3. The molecule has 3 heteroatoms. The van der Waals surface area contributed by atoms with Crippen molar-refractivity contribution in [3.8, 4) is 11.4 Å². The summed E-state index contributed by atoms with van der Waals surface area (Å²) in [6.07, 6.45) is 6.65. The van der Waals surface area contributed by atoms with Crippen molar-refractivity contribution >= 4 is 60.7 Å². The Morgan fingerprint density at radius 1 is 0.487 bits per heavy atom. The number of allylic oxidation sites excluding steroid dienone is 1. The first kappa shape index (κ1) is 21.0. The van der Waals surface area contributed by atoms with E-state index in [0.717, 1.165) is 46.2 Å². The van der Waals surface area contributed by atoms with Gasteiger partial charge in [0, 0.05) is 38.2 Å². The van der Waals surface area contributed by atoms with Crippen LogP contribution in [-0.4, -0.2) is 9.13 Å². The van der Waals surface area contributed by atoms with Gasteiger partial charge in [0.05, 0.1) is 27.9 Å². The number of fused-ring (bicyclic) bond motifs is 9. The van der Waals surface area contributed by atoms with E-state index in [1.54, 1.807) is 0 Å². The molecule has 0 N–H and O–H groups in total. The molecule has 0 saturated carbocycles. The Kier molecular flexibility index (Phi) is 4.17. The third-order valence-corrected chi connectivity index (χ3v) is 8.39. The van der Waals surface area contributed by atoms with Gasteiger partial charge in [-0.2, -0.15) is 0 Å². The average molecular weight is 501 g/mol. The fraction of sp³-hybridized carbons (Fsp3) is 0.0556. The number of benzene rings is 5. The second-order valence-electron chi connectivity index (χ2n) is 10.4. The minimum Gasteiger partial charge on any atom is -0.452 e. The lowest BCUT2D eigenvalue weighted by Crippen LogP contribution is -2.03. The van der Waals surface area contributed by atoms with Crippen LogP contribution in [0, 0.1) is 0 Å². The van der Waals surface area contributed by atoms with Crippen LogP contribution in [0.2, 0.25) is 0 Å². The van der Waals surface area contributed by atoms with Gasteiger partial charge < -0.3 is 13.6 Å². The maximum absolute atomic E-state index is 6.94. The van der Waals surface area contributed by atoms with Crippen LogP contribution >= 0.6 is 0 Å². The number of nitrogens with zero attached hydrogens (tertiary/aromatic N) is 2. The first-order valence-electron chi connectivity index (χ1n) is 13.6. The lowest BCUT2D eigenvalue weighted by Gasteiger charge is -2.13. The normalized spacial score (nSPS) is 13.3. The van der Waals surface area contributed by atoms with E-state index in [-0.39, 0.29) is 0 Å². The molecule has 0 unspecified atom stereocenters. The Morgan fingerprint density at radius 3 is 1.64 bits per heavy atom. The molecule has 8 aromatic rings. The SMILES string of the molecule is C1=Cc2c(n(-c3cccc4c3oc3c(-n5c6ccccc6c6ccccc65)cccc34)c3ccccc23)CC1. The molecule has 0 spiro atoms. The van der Waals surface area contributed by atoms with Crippen LogP contribution in [0.1, 0.15) is 17.7 Å². The topological polar surface area (TPSA) is 23.0 Å². The van der Waals surface area contributed by atoms with Crippen LogP contribution in [0.15, 0.2) is 120 Å². The van der Waals surface area contributed by atoms with Crippen molar-refractivity contribution < 1.29 is 4.42 Å². The van der Waals surface area contributed by atoms with E-state index in [2.05, 4.69) is 130 Å². The largest absolute Gasteiger partial charge is 0.452 e. The third kappa shape index (κ3) is 2.77. The molecule has 0 atom stereocenters. The lowest BCUT2D eigenvalue weighted by molar-refractivity contribution is 0.662. The van der Waals surface area contributed by atoms with E-state index in [4.69, 9.17) is 4.42 Å². The molecule has 1 aliphatic rings. The number of hydrogen-bond acceptors (Lipinski definition) is 1. The molecule has 3 aromatic heterocycles. The molecule has 0 radical (unpaired) electrons. The van der Waals surface area contributed by atoms with Gasteiger partial charge in [0.25, 0.3) is 0 Å². The Balaban J connectivity index is 1.39. The van der Waals surface area contributed by atoms with Gasteiger partial charge in [0.2, 0.25) is 0 Å². The third-order valence-electron chi connectivity index (χ3n) is 8.39. The van der Waals surface area contributed by atoms with Crippen LogP contribution in [-0.2, 0) is 6.42 Å². The van der Waals surface area contributed by atoms with Gasteiger partial charge in [0.1, 0.15) is 0 Å². The van der Waals surface area contributed by atoms with E-state index in [1.165, 1.54) is 44.0 Å². The van der Waals surface area contributed by atoms with E-state index in [0.29, 0.717) is 0 Å². The fourth-order valence-corrected chi connectivity index (χ4v) is 6.77. The van der Waals surface area contributed by atoms with Gasteiger partial charge in [-0.1, -0.05) is 91.0 Å². The molecule has 39 heavy (non-hydrogen) atoms. The van der Waals surface area contributed by atoms with Crippen molar-refractivity contribution in [2.75, 3.05) is 0 Å². The molecule has 0 saturated heterocycles. The molecule has 184 valence electrons. The quantitative estimate of drug-likeness (QED) is 0.232. The zero-order chi connectivity index (χ0) is 25.5. The molecule has 0 bridgehead atoms. The second-order valence-corrected chi connectivity index (χ2v) is 10.4. The van der Waals surface area contributed by atoms with Crippen LogP contribution in [0.3, 0.4) is 0 Å². The molecule has 0 fully saturated rings. The smallest absolute Gasteiger partial charge is 0.159 e. The summed E-state index contributed by atoms with van der Waals surface area (Å²) in [4.78, 5) is 0. The summed E-state index contributed by atoms with van der Waals surface area (Å²) in [6.45, 7) is 0. The summed E-state index contributed by atoms with van der Waals surface area (Å²) in [5, 5.41) is 6.07. The molecular weight excluding hydrogens is 476 g/mol. The Bertz CT molecular complexity index is 2240. The van der Waals surface area contributed by atoms with Gasteiger partial charge in [-0.15, -0.1) is 0 Å². The molecule has 3 nitrogen and oxygen atoms in total. The minimum atomic E-state index is 0.914. The highest BCUT2D eigenvalue weighted by molar-refractivity contribution is 6.13. The van der Waals surface area contributed by atoms with Gasteiger partial charge in [-0.3, -0.25) is 0 Å². The van der Waals surface area contributed by atoms with E-state index < -0.39 is 0 Å². The molecule has 0 amide bonds. The van der Waals surface area contributed by atoms with Crippen LogP contribution < -0.4 is 0 Å². The minimum absolute atomic E-state index is 0.914. The number of para-hydroxylation sites is 5. The zero-order valence-corrected chi connectivity index (χ0v) is 21.3. The summed E-state index contributed by atoms with van der Waals surface area (Å²) in [6, 6.07) is 39.1. The maximum Gasteiger partial charge on any atom is 0.159 e. The monoisotopic (exact) mass is 500 g/mol. The molecule has 5 aromatic carbocycles. The van der Waals surface area contributed by atoms with Crippen molar-refractivity contribution in [3.05, 3.63) is 127 Å². The number of aromatic nitrogens is 2. The Labute approximate surface area is 224 Å². The first-order valence-corrected chi connectivity index (χ1v) is 13.6. The van der Waals surface area contributed by atoms with Gasteiger partial charge in [-0.25, -0.2) is 0 Å².